The number of carbonyl (C=O) groups excluding carboxylic acids is 1. The molecule has 1 aliphatic rings. The largest absolute Gasteiger partial charge is 0.492 e. The normalized spacial score (nSPS) is 17.7. The van der Waals surface area contributed by atoms with Crippen molar-refractivity contribution >= 4 is 21.5 Å². The van der Waals surface area contributed by atoms with E-state index < -0.39 is 10.0 Å². The van der Waals surface area contributed by atoms with E-state index in [1.807, 2.05) is 31.2 Å². The van der Waals surface area contributed by atoms with Crippen molar-refractivity contribution in [3.8, 4) is 5.75 Å². The molecule has 0 radical (unpaired) electrons. The predicted octanol–water partition coefficient (Wildman–Crippen LogP) is 3.80. The van der Waals surface area contributed by atoms with Crippen LogP contribution in [0.3, 0.4) is 0 Å². The molecule has 1 saturated heterocycles. The Morgan fingerprint density at radius 3 is 2.76 bits per heavy atom. The Bertz CT molecular complexity index is 959. The molecule has 1 heterocycles. The minimum absolute atomic E-state index is 0.0499. The average molecular weight is 417 g/mol. The first-order valence-electron chi connectivity index (χ1n) is 10.0. The molecule has 0 bridgehead atoms. The van der Waals surface area contributed by atoms with Crippen LogP contribution in [0.5, 0.6) is 5.75 Å². The zero-order valence-electron chi connectivity index (χ0n) is 16.9. The smallest absolute Gasteiger partial charge is 0.243 e. The topological polar surface area (TPSA) is 75.7 Å². The molecule has 6 nitrogen and oxygen atoms in total. The quantitative estimate of drug-likeness (QED) is 0.663. The summed E-state index contributed by atoms with van der Waals surface area (Å²) in [7, 11) is -3.59. The highest BCUT2D eigenvalue weighted by atomic mass is 32.2. The molecule has 0 aromatic heterocycles. The molecule has 1 unspecified atom stereocenters. The number of para-hydroxylation sites is 2. The molecular weight excluding hydrogens is 388 g/mol. The molecule has 2 aromatic rings. The number of benzene rings is 2. The van der Waals surface area contributed by atoms with E-state index >= 15 is 0 Å². The van der Waals surface area contributed by atoms with Gasteiger partial charge >= 0.3 is 0 Å². The van der Waals surface area contributed by atoms with Gasteiger partial charge in [0.15, 0.2) is 5.78 Å². The van der Waals surface area contributed by atoms with Gasteiger partial charge in [0, 0.05) is 18.7 Å². The lowest BCUT2D eigenvalue weighted by Crippen LogP contribution is -2.39. The maximum atomic E-state index is 13.0. The van der Waals surface area contributed by atoms with Crippen LogP contribution < -0.4 is 10.1 Å². The van der Waals surface area contributed by atoms with E-state index in [1.54, 1.807) is 18.2 Å². The van der Waals surface area contributed by atoms with E-state index in [-0.39, 0.29) is 17.2 Å². The Balaban J connectivity index is 1.73. The zero-order chi connectivity index (χ0) is 20.9. The maximum Gasteiger partial charge on any atom is 0.243 e. The zero-order valence-corrected chi connectivity index (χ0v) is 17.7. The molecule has 0 spiro atoms. The van der Waals surface area contributed by atoms with Crippen molar-refractivity contribution < 1.29 is 17.9 Å². The SMILES string of the molecule is CCOc1ccccc1NCC(=O)c1cccc(S(=O)(=O)N2CCCC(C)C2)c1. The van der Waals surface area contributed by atoms with Gasteiger partial charge in [0.25, 0.3) is 0 Å². The molecule has 2 aromatic carbocycles. The summed E-state index contributed by atoms with van der Waals surface area (Å²) in [6.07, 6.45) is 1.90. The lowest BCUT2D eigenvalue weighted by atomic mass is 10.0. The summed E-state index contributed by atoms with van der Waals surface area (Å²) < 4.78 is 33.1. The number of hydrogen-bond acceptors (Lipinski definition) is 5. The van der Waals surface area contributed by atoms with Crippen LogP contribution in [0.2, 0.25) is 0 Å². The fraction of sp³-hybridized carbons (Fsp3) is 0.409. The number of ketones is 1. The minimum atomic E-state index is -3.59. The number of Topliss-reactive ketones (excluding diaryl/α,β-unsaturated/α-hetero) is 1. The van der Waals surface area contributed by atoms with Crippen molar-refractivity contribution in [2.24, 2.45) is 5.92 Å². The second-order valence-electron chi connectivity index (χ2n) is 7.34. The van der Waals surface area contributed by atoms with Crippen molar-refractivity contribution in [1.29, 1.82) is 0 Å². The highest BCUT2D eigenvalue weighted by molar-refractivity contribution is 7.89. The number of sulfonamides is 1. The summed E-state index contributed by atoms with van der Waals surface area (Å²) in [5.41, 5.74) is 1.10. The van der Waals surface area contributed by atoms with Gasteiger partial charge in [0.2, 0.25) is 10.0 Å². The number of nitrogens with one attached hydrogen (secondary N) is 1. The fourth-order valence-electron chi connectivity index (χ4n) is 3.52. The molecule has 0 aliphatic carbocycles. The lowest BCUT2D eigenvalue weighted by Gasteiger charge is -2.30. The van der Waals surface area contributed by atoms with E-state index in [0.717, 1.165) is 18.5 Å². The van der Waals surface area contributed by atoms with Crippen LogP contribution in [0.15, 0.2) is 53.4 Å². The van der Waals surface area contributed by atoms with Crippen LogP contribution in [0.4, 0.5) is 5.69 Å². The Morgan fingerprint density at radius 1 is 1.21 bits per heavy atom. The van der Waals surface area contributed by atoms with Gasteiger partial charge in [0.1, 0.15) is 5.75 Å². The van der Waals surface area contributed by atoms with Crippen LogP contribution in [0, 0.1) is 5.92 Å². The number of anilines is 1. The van der Waals surface area contributed by atoms with Crippen LogP contribution in [0.1, 0.15) is 37.0 Å². The van der Waals surface area contributed by atoms with Gasteiger partial charge < -0.3 is 10.1 Å². The summed E-state index contributed by atoms with van der Waals surface area (Å²) in [6, 6.07) is 13.7. The minimum Gasteiger partial charge on any atom is -0.492 e. The number of nitrogens with zero attached hydrogens (tertiary/aromatic N) is 1. The number of ether oxygens (including phenoxy) is 1. The Labute approximate surface area is 172 Å². The van der Waals surface area contributed by atoms with Gasteiger partial charge in [-0.25, -0.2) is 8.42 Å². The number of piperidine rings is 1. The van der Waals surface area contributed by atoms with Crippen molar-refractivity contribution in [3.63, 3.8) is 0 Å². The summed E-state index contributed by atoms with van der Waals surface area (Å²) >= 11 is 0. The van der Waals surface area contributed by atoms with Crippen LogP contribution in [-0.2, 0) is 10.0 Å². The lowest BCUT2D eigenvalue weighted by molar-refractivity contribution is 0.101. The molecule has 156 valence electrons. The Kier molecular flexibility index (Phi) is 6.92. The molecule has 1 fully saturated rings. The van der Waals surface area contributed by atoms with Gasteiger partial charge in [-0.2, -0.15) is 4.31 Å². The van der Waals surface area contributed by atoms with E-state index in [1.165, 1.54) is 10.4 Å². The van der Waals surface area contributed by atoms with Crippen LogP contribution in [0.25, 0.3) is 0 Å². The van der Waals surface area contributed by atoms with Crippen LogP contribution >= 0.6 is 0 Å². The van der Waals surface area contributed by atoms with Crippen molar-refractivity contribution in [2.45, 2.75) is 31.6 Å². The third-order valence-electron chi connectivity index (χ3n) is 5.04. The molecule has 29 heavy (non-hydrogen) atoms. The summed E-state index contributed by atoms with van der Waals surface area (Å²) in [5, 5.41) is 3.09. The summed E-state index contributed by atoms with van der Waals surface area (Å²) in [4.78, 5) is 12.9. The third kappa shape index (κ3) is 5.16. The molecule has 0 amide bonds. The van der Waals surface area contributed by atoms with Gasteiger partial charge in [0.05, 0.1) is 23.7 Å². The predicted molar refractivity (Wildman–Crippen MR) is 114 cm³/mol. The molecule has 3 rings (SSSR count). The Morgan fingerprint density at radius 2 is 2.00 bits per heavy atom. The van der Waals surface area contributed by atoms with Crippen molar-refractivity contribution in [2.75, 3.05) is 31.6 Å². The molecule has 1 N–H and O–H groups in total. The number of hydrogen-bond donors (Lipinski definition) is 1. The molecule has 1 atom stereocenters. The number of rotatable bonds is 8. The first-order chi connectivity index (χ1) is 13.9. The van der Waals surface area contributed by atoms with Crippen molar-refractivity contribution in [3.05, 3.63) is 54.1 Å². The highest BCUT2D eigenvalue weighted by Gasteiger charge is 2.29. The fourth-order valence-corrected chi connectivity index (χ4v) is 5.16. The van der Waals surface area contributed by atoms with Gasteiger partial charge in [-0.05, 0) is 49.9 Å². The Hall–Kier alpha value is -2.38. The van der Waals surface area contributed by atoms with Crippen LogP contribution in [-0.4, -0.2) is 44.7 Å². The molecule has 7 heteroatoms. The monoisotopic (exact) mass is 416 g/mol. The molecular formula is C22H28N2O4S. The highest BCUT2D eigenvalue weighted by Crippen LogP contribution is 2.25. The average Bonchev–Trinajstić information content (AvgIpc) is 2.73. The van der Waals surface area contributed by atoms with E-state index in [4.69, 9.17) is 4.74 Å². The second kappa shape index (κ2) is 9.41. The van der Waals surface area contributed by atoms with E-state index in [0.29, 0.717) is 36.9 Å². The van der Waals surface area contributed by atoms with E-state index in [9.17, 15) is 13.2 Å². The van der Waals surface area contributed by atoms with Gasteiger partial charge in [-0.3, -0.25) is 4.79 Å². The van der Waals surface area contributed by atoms with Crippen molar-refractivity contribution in [1.82, 2.24) is 4.31 Å². The molecule has 1 aliphatic heterocycles. The summed E-state index contributed by atoms with van der Waals surface area (Å²) in [5.74, 6) is 0.844. The maximum absolute atomic E-state index is 13.0. The van der Waals surface area contributed by atoms with Gasteiger partial charge in [-0.1, -0.05) is 31.2 Å². The first-order valence-corrected chi connectivity index (χ1v) is 11.4. The van der Waals surface area contributed by atoms with E-state index in [2.05, 4.69) is 12.2 Å². The first kappa shape index (κ1) is 21.3. The summed E-state index contributed by atoms with van der Waals surface area (Å²) in [6.45, 7) is 5.59. The van der Waals surface area contributed by atoms with Gasteiger partial charge in [-0.15, -0.1) is 0 Å². The third-order valence-corrected chi connectivity index (χ3v) is 6.90. The number of carbonyl (C=O) groups is 1. The standard InChI is InChI=1S/C22H28N2O4S/c1-3-28-22-12-5-4-11-20(22)23-15-21(25)18-9-6-10-19(14-18)29(26,27)24-13-7-8-17(2)16-24/h4-6,9-12,14,17,23H,3,7-8,13,15-16H2,1-2H3. The molecule has 0 saturated carbocycles. The second-order valence-corrected chi connectivity index (χ2v) is 9.28.